The summed E-state index contributed by atoms with van der Waals surface area (Å²) in [5.41, 5.74) is 1.10. The Labute approximate surface area is 137 Å². The molecule has 2 nitrogen and oxygen atoms in total. The average Bonchev–Trinajstić information content (AvgIpc) is 2.48. The number of ketones is 1. The van der Waals surface area contributed by atoms with E-state index in [4.69, 9.17) is 11.6 Å². The fourth-order valence-electron chi connectivity index (χ4n) is 5.61. The van der Waals surface area contributed by atoms with E-state index in [0.29, 0.717) is 12.2 Å². The molecule has 0 heterocycles. The predicted octanol–water partition coefficient (Wildman–Crippen LogP) is 4.93. The zero-order valence-electron chi connectivity index (χ0n) is 13.0. The fourth-order valence-corrected chi connectivity index (χ4v) is 5.73. The predicted molar refractivity (Wildman–Crippen MR) is 90.2 cm³/mol. The third kappa shape index (κ3) is 2.67. The van der Waals surface area contributed by atoms with E-state index in [0.717, 1.165) is 35.0 Å². The third-order valence-electron chi connectivity index (χ3n) is 6.16. The van der Waals surface area contributed by atoms with Gasteiger partial charge in [0.15, 0.2) is 0 Å². The number of halogens is 1. The van der Waals surface area contributed by atoms with Gasteiger partial charge in [-0.3, -0.25) is 4.79 Å². The normalized spacial score (nSPS) is 35.6. The van der Waals surface area contributed by atoms with E-state index in [-0.39, 0.29) is 5.41 Å². The second-order valence-electron chi connectivity index (χ2n) is 7.80. The summed E-state index contributed by atoms with van der Waals surface area (Å²) in [5.74, 6) is 3.06. The first kappa shape index (κ1) is 14.6. The largest absolute Gasteiger partial charge is 0.385 e. The number of Topliss-reactive ketones (excluding diaryl/α,β-unsaturated/α-hetero) is 1. The highest BCUT2D eigenvalue weighted by Gasteiger charge is 2.53. The van der Waals surface area contributed by atoms with Crippen molar-refractivity contribution in [2.24, 2.45) is 23.2 Å². The van der Waals surface area contributed by atoms with Gasteiger partial charge < -0.3 is 5.32 Å². The first-order chi connectivity index (χ1) is 10.6. The molecule has 0 spiro atoms. The van der Waals surface area contributed by atoms with E-state index in [2.05, 4.69) is 5.32 Å². The van der Waals surface area contributed by atoms with Crippen molar-refractivity contribution in [1.82, 2.24) is 0 Å². The van der Waals surface area contributed by atoms with Crippen LogP contribution in [0.2, 0.25) is 5.02 Å². The Kier molecular flexibility index (Phi) is 3.68. The van der Waals surface area contributed by atoms with E-state index in [1.54, 1.807) is 0 Å². The molecule has 4 aliphatic rings. The molecule has 0 unspecified atom stereocenters. The molecule has 0 aliphatic heterocycles. The van der Waals surface area contributed by atoms with Gasteiger partial charge in [0.2, 0.25) is 0 Å². The molecule has 1 aromatic rings. The van der Waals surface area contributed by atoms with Crippen molar-refractivity contribution in [3.05, 3.63) is 29.3 Å². The van der Waals surface area contributed by atoms with Gasteiger partial charge in [0.05, 0.1) is 0 Å². The second kappa shape index (κ2) is 5.56. The van der Waals surface area contributed by atoms with Gasteiger partial charge in [0.1, 0.15) is 5.78 Å². The second-order valence-corrected chi connectivity index (χ2v) is 8.24. The van der Waals surface area contributed by atoms with Crippen molar-refractivity contribution >= 4 is 23.1 Å². The van der Waals surface area contributed by atoms with Crippen molar-refractivity contribution in [3.8, 4) is 0 Å². The van der Waals surface area contributed by atoms with Crippen molar-refractivity contribution in [2.45, 2.75) is 44.9 Å². The topological polar surface area (TPSA) is 29.1 Å². The molecule has 4 bridgehead atoms. The third-order valence-corrected chi connectivity index (χ3v) is 6.41. The maximum atomic E-state index is 12.9. The molecule has 5 rings (SSSR count). The van der Waals surface area contributed by atoms with Gasteiger partial charge in [-0.15, -0.1) is 0 Å². The van der Waals surface area contributed by atoms with Crippen LogP contribution >= 0.6 is 11.6 Å². The van der Waals surface area contributed by atoms with Gasteiger partial charge in [-0.2, -0.15) is 0 Å². The van der Waals surface area contributed by atoms with Crippen LogP contribution in [-0.2, 0) is 4.79 Å². The van der Waals surface area contributed by atoms with Crippen LogP contribution in [0, 0.1) is 23.2 Å². The van der Waals surface area contributed by atoms with Crippen LogP contribution in [0.15, 0.2) is 24.3 Å². The lowest BCUT2D eigenvalue weighted by atomic mass is 9.48. The number of carbonyl (C=O) groups excluding carboxylic acids is 1. The Hall–Kier alpha value is -1.02. The lowest BCUT2D eigenvalue weighted by Crippen LogP contribution is -2.50. The Morgan fingerprint density at radius 1 is 1.05 bits per heavy atom. The molecule has 22 heavy (non-hydrogen) atoms. The van der Waals surface area contributed by atoms with Gasteiger partial charge in [0.25, 0.3) is 0 Å². The Balaban J connectivity index is 1.35. The van der Waals surface area contributed by atoms with Gasteiger partial charge in [0, 0.05) is 29.1 Å². The van der Waals surface area contributed by atoms with Crippen LogP contribution in [0.25, 0.3) is 0 Å². The molecular weight excluding hydrogens is 294 g/mol. The van der Waals surface area contributed by atoms with Crippen LogP contribution in [-0.4, -0.2) is 12.3 Å². The van der Waals surface area contributed by atoms with E-state index in [1.807, 2.05) is 24.3 Å². The van der Waals surface area contributed by atoms with Crippen LogP contribution < -0.4 is 5.32 Å². The Morgan fingerprint density at radius 2 is 1.59 bits per heavy atom. The highest BCUT2D eigenvalue weighted by Crippen LogP contribution is 2.60. The van der Waals surface area contributed by atoms with E-state index in [9.17, 15) is 4.79 Å². The molecule has 0 amide bonds. The molecule has 0 aromatic heterocycles. The van der Waals surface area contributed by atoms with Gasteiger partial charge in [-0.05, 0) is 80.5 Å². The van der Waals surface area contributed by atoms with E-state index in [1.165, 1.54) is 38.5 Å². The Morgan fingerprint density at radius 3 is 2.14 bits per heavy atom. The molecule has 4 saturated carbocycles. The lowest BCUT2D eigenvalue weighted by Gasteiger charge is -2.56. The fraction of sp³-hybridized carbons (Fsp3) is 0.632. The van der Waals surface area contributed by atoms with Crippen molar-refractivity contribution in [2.75, 3.05) is 11.9 Å². The van der Waals surface area contributed by atoms with Gasteiger partial charge >= 0.3 is 0 Å². The maximum Gasteiger partial charge on any atom is 0.140 e. The molecular formula is C19H24ClNO. The van der Waals surface area contributed by atoms with Crippen molar-refractivity contribution in [3.63, 3.8) is 0 Å². The summed E-state index contributed by atoms with van der Waals surface area (Å²) in [7, 11) is 0. The number of hydrogen-bond donors (Lipinski definition) is 1. The molecule has 0 atom stereocenters. The number of anilines is 1. The number of rotatable bonds is 5. The van der Waals surface area contributed by atoms with Crippen molar-refractivity contribution < 1.29 is 4.79 Å². The van der Waals surface area contributed by atoms with Crippen LogP contribution in [0.3, 0.4) is 0 Å². The smallest absolute Gasteiger partial charge is 0.140 e. The molecule has 118 valence electrons. The van der Waals surface area contributed by atoms with E-state index < -0.39 is 0 Å². The highest BCUT2D eigenvalue weighted by atomic mass is 35.5. The standard InChI is InChI=1S/C19H24ClNO/c20-16-1-3-17(4-2-16)21-6-5-18(22)19-10-13-7-14(11-19)9-15(8-13)12-19/h1-4,13-15,21H,5-12H2. The molecule has 3 heteroatoms. The molecule has 1 aromatic carbocycles. The Bertz CT molecular complexity index is 530. The summed E-state index contributed by atoms with van der Waals surface area (Å²) in [5, 5.41) is 4.10. The summed E-state index contributed by atoms with van der Waals surface area (Å²) in [6, 6.07) is 7.70. The highest BCUT2D eigenvalue weighted by molar-refractivity contribution is 6.30. The summed E-state index contributed by atoms with van der Waals surface area (Å²) >= 11 is 5.89. The van der Waals surface area contributed by atoms with E-state index >= 15 is 0 Å². The number of benzene rings is 1. The summed E-state index contributed by atoms with van der Waals surface area (Å²) in [6.07, 6.45) is 8.39. The monoisotopic (exact) mass is 317 g/mol. The molecule has 0 saturated heterocycles. The minimum Gasteiger partial charge on any atom is -0.385 e. The quantitative estimate of drug-likeness (QED) is 0.834. The number of nitrogens with one attached hydrogen (secondary N) is 1. The van der Waals surface area contributed by atoms with Crippen LogP contribution in [0.1, 0.15) is 44.9 Å². The number of carbonyl (C=O) groups is 1. The summed E-state index contributed by atoms with van der Waals surface area (Å²) in [6.45, 7) is 0.738. The molecule has 1 N–H and O–H groups in total. The van der Waals surface area contributed by atoms with Crippen LogP contribution in [0.5, 0.6) is 0 Å². The number of hydrogen-bond acceptors (Lipinski definition) is 2. The zero-order valence-corrected chi connectivity index (χ0v) is 13.7. The average molecular weight is 318 g/mol. The van der Waals surface area contributed by atoms with Crippen LogP contribution in [0.4, 0.5) is 5.69 Å². The molecule has 4 aliphatic carbocycles. The molecule has 4 fully saturated rings. The first-order valence-corrected chi connectivity index (χ1v) is 9.03. The minimum absolute atomic E-state index is 0.0520. The zero-order chi connectivity index (χ0) is 15.2. The lowest BCUT2D eigenvalue weighted by molar-refractivity contribution is -0.143. The first-order valence-electron chi connectivity index (χ1n) is 8.66. The van der Waals surface area contributed by atoms with Crippen molar-refractivity contribution in [1.29, 1.82) is 0 Å². The van der Waals surface area contributed by atoms with Gasteiger partial charge in [-0.25, -0.2) is 0 Å². The molecule has 0 radical (unpaired) electrons. The minimum atomic E-state index is 0.0520. The van der Waals surface area contributed by atoms with Gasteiger partial charge in [-0.1, -0.05) is 11.6 Å². The maximum absolute atomic E-state index is 12.9. The summed E-state index contributed by atoms with van der Waals surface area (Å²) < 4.78 is 0. The SMILES string of the molecule is O=C(CCNc1ccc(Cl)cc1)C12CC3CC(CC(C3)C1)C2. The summed E-state index contributed by atoms with van der Waals surface area (Å²) in [4.78, 5) is 12.9.